The van der Waals surface area contributed by atoms with Crippen LogP contribution in [0.15, 0.2) is 24.3 Å². The number of amides is 2. The van der Waals surface area contributed by atoms with E-state index in [1.54, 1.807) is 0 Å². The Morgan fingerprint density at radius 1 is 1.23 bits per heavy atom. The van der Waals surface area contributed by atoms with Gasteiger partial charge < -0.3 is 15.1 Å². The van der Waals surface area contributed by atoms with Gasteiger partial charge in [-0.3, -0.25) is 9.59 Å². The van der Waals surface area contributed by atoms with Crippen molar-refractivity contribution in [3.05, 3.63) is 29.8 Å². The van der Waals surface area contributed by atoms with Gasteiger partial charge in [-0.1, -0.05) is 12.1 Å². The summed E-state index contributed by atoms with van der Waals surface area (Å²) in [5.74, 6) is 0.0870. The van der Waals surface area contributed by atoms with Crippen LogP contribution in [-0.4, -0.2) is 49.4 Å². The molecule has 1 aromatic carbocycles. The van der Waals surface area contributed by atoms with E-state index in [0.717, 1.165) is 26.2 Å². The van der Waals surface area contributed by atoms with Gasteiger partial charge >= 0.3 is 0 Å². The standard InChI is InChI=1S/C17H23N3O2/c1-13-4-3-5-14(10-13)19-6-8-20(9-7-19)16(22)17(2)11-15(21)18-12-17/h3-5,10H,6-9,11-12H2,1-2H3,(H,18,21). The van der Waals surface area contributed by atoms with Crippen LogP contribution in [0.25, 0.3) is 0 Å². The minimum atomic E-state index is -0.567. The fourth-order valence-electron chi connectivity index (χ4n) is 3.30. The molecule has 1 unspecified atom stereocenters. The number of carbonyl (C=O) groups is 2. The summed E-state index contributed by atoms with van der Waals surface area (Å²) in [6.45, 7) is 7.56. The first kappa shape index (κ1) is 14.9. The molecule has 1 atom stereocenters. The van der Waals surface area contributed by atoms with Gasteiger partial charge in [0.1, 0.15) is 0 Å². The van der Waals surface area contributed by atoms with Crippen molar-refractivity contribution in [3.8, 4) is 0 Å². The summed E-state index contributed by atoms with van der Waals surface area (Å²) in [6, 6.07) is 8.46. The van der Waals surface area contributed by atoms with Crippen molar-refractivity contribution < 1.29 is 9.59 Å². The van der Waals surface area contributed by atoms with E-state index in [4.69, 9.17) is 0 Å². The number of piperazine rings is 1. The van der Waals surface area contributed by atoms with E-state index in [2.05, 4.69) is 41.4 Å². The topological polar surface area (TPSA) is 52.6 Å². The zero-order valence-electron chi connectivity index (χ0n) is 13.3. The normalized spacial score (nSPS) is 25.3. The van der Waals surface area contributed by atoms with Crippen molar-refractivity contribution in [2.45, 2.75) is 20.3 Å². The molecular weight excluding hydrogens is 278 g/mol. The lowest BCUT2D eigenvalue weighted by molar-refractivity contribution is -0.141. The molecule has 0 bridgehead atoms. The van der Waals surface area contributed by atoms with Crippen LogP contribution in [0.2, 0.25) is 0 Å². The third-order valence-electron chi connectivity index (χ3n) is 4.68. The predicted octanol–water partition coefficient (Wildman–Crippen LogP) is 1.17. The number of nitrogens with zero attached hydrogens (tertiary/aromatic N) is 2. The lowest BCUT2D eigenvalue weighted by Crippen LogP contribution is -2.53. The molecule has 0 radical (unpaired) electrons. The van der Waals surface area contributed by atoms with Crippen molar-refractivity contribution >= 4 is 17.5 Å². The van der Waals surface area contributed by atoms with Crippen LogP contribution in [0.3, 0.4) is 0 Å². The van der Waals surface area contributed by atoms with Gasteiger partial charge in [0.25, 0.3) is 0 Å². The smallest absolute Gasteiger partial charge is 0.230 e. The van der Waals surface area contributed by atoms with E-state index in [1.165, 1.54) is 11.3 Å². The Morgan fingerprint density at radius 3 is 2.55 bits per heavy atom. The Balaban J connectivity index is 1.62. The van der Waals surface area contributed by atoms with E-state index in [1.807, 2.05) is 11.8 Å². The number of carbonyl (C=O) groups excluding carboxylic acids is 2. The summed E-state index contributed by atoms with van der Waals surface area (Å²) in [5, 5.41) is 2.77. The average Bonchev–Trinajstić information content (AvgIpc) is 2.87. The molecule has 5 nitrogen and oxygen atoms in total. The van der Waals surface area contributed by atoms with E-state index in [0.29, 0.717) is 13.0 Å². The first-order valence-corrected chi connectivity index (χ1v) is 7.86. The maximum atomic E-state index is 12.7. The molecule has 2 saturated heterocycles. The van der Waals surface area contributed by atoms with Gasteiger partial charge in [0.2, 0.25) is 11.8 Å². The maximum absolute atomic E-state index is 12.7. The second-order valence-corrected chi connectivity index (χ2v) is 6.63. The van der Waals surface area contributed by atoms with E-state index in [9.17, 15) is 9.59 Å². The molecule has 2 aliphatic rings. The Bertz CT molecular complexity index is 593. The summed E-state index contributed by atoms with van der Waals surface area (Å²) in [7, 11) is 0. The highest BCUT2D eigenvalue weighted by Crippen LogP contribution is 2.29. The minimum Gasteiger partial charge on any atom is -0.368 e. The monoisotopic (exact) mass is 301 g/mol. The molecule has 2 amide bonds. The van der Waals surface area contributed by atoms with Gasteiger partial charge in [0.05, 0.1) is 5.41 Å². The number of hydrogen-bond donors (Lipinski definition) is 1. The zero-order valence-corrected chi connectivity index (χ0v) is 13.3. The van der Waals surface area contributed by atoms with Gasteiger partial charge in [-0.05, 0) is 31.5 Å². The molecule has 118 valence electrons. The Morgan fingerprint density at radius 2 is 1.95 bits per heavy atom. The van der Waals surface area contributed by atoms with E-state index < -0.39 is 5.41 Å². The molecule has 0 aliphatic carbocycles. The van der Waals surface area contributed by atoms with Crippen molar-refractivity contribution in [2.24, 2.45) is 5.41 Å². The molecule has 0 saturated carbocycles. The lowest BCUT2D eigenvalue weighted by Gasteiger charge is -2.39. The number of aryl methyl sites for hydroxylation is 1. The summed E-state index contributed by atoms with van der Waals surface area (Å²) in [6.07, 6.45) is 0.309. The average molecular weight is 301 g/mol. The second-order valence-electron chi connectivity index (χ2n) is 6.63. The Labute approximate surface area is 131 Å². The summed E-state index contributed by atoms with van der Waals surface area (Å²) >= 11 is 0. The number of benzene rings is 1. The molecule has 22 heavy (non-hydrogen) atoms. The molecule has 2 heterocycles. The van der Waals surface area contributed by atoms with Crippen molar-refractivity contribution in [1.29, 1.82) is 0 Å². The second kappa shape index (κ2) is 5.63. The number of anilines is 1. The fourth-order valence-corrected chi connectivity index (χ4v) is 3.30. The van der Waals surface area contributed by atoms with Crippen LogP contribution in [0.5, 0.6) is 0 Å². The highest BCUT2D eigenvalue weighted by molar-refractivity contribution is 5.92. The quantitative estimate of drug-likeness (QED) is 0.892. The van der Waals surface area contributed by atoms with Crippen LogP contribution in [0.1, 0.15) is 18.9 Å². The van der Waals surface area contributed by atoms with E-state index >= 15 is 0 Å². The molecule has 5 heteroatoms. The first-order chi connectivity index (χ1) is 10.5. The summed E-state index contributed by atoms with van der Waals surface area (Å²) in [5.41, 5.74) is 1.90. The summed E-state index contributed by atoms with van der Waals surface area (Å²) in [4.78, 5) is 28.3. The molecular formula is C17H23N3O2. The molecule has 3 rings (SSSR count). The van der Waals surface area contributed by atoms with Crippen molar-refractivity contribution in [2.75, 3.05) is 37.6 Å². The molecule has 2 fully saturated rings. The molecule has 0 aromatic heterocycles. The molecule has 0 spiro atoms. The number of rotatable bonds is 2. The highest BCUT2D eigenvalue weighted by atomic mass is 16.2. The third-order valence-corrected chi connectivity index (χ3v) is 4.68. The Hall–Kier alpha value is -2.04. The molecule has 1 N–H and O–H groups in total. The van der Waals surface area contributed by atoms with Gasteiger partial charge in [-0.15, -0.1) is 0 Å². The maximum Gasteiger partial charge on any atom is 0.230 e. The van der Waals surface area contributed by atoms with Crippen LogP contribution in [0.4, 0.5) is 5.69 Å². The Kier molecular flexibility index (Phi) is 3.81. The van der Waals surface area contributed by atoms with Gasteiger partial charge in [-0.25, -0.2) is 0 Å². The lowest BCUT2D eigenvalue weighted by atomic mass is 9.87. The van der Waals surface area contributed by atoms with Gasteiger partial charge in [-0.2, -0.15) is 0 Å². The van der Waals surface area contributed by atoms with Crippen molar-refractivity contribution in [3.63, 3.8) is 0 Å². The zero-order chi connectivity index (χ0) is 15.7. The minimum absolute atomic E-state index is 0.0192. The van der Waals surface area contributed by atoms with Crippen LogP contribution in [-0.2, 0) is 9.59 Å². The molecule has 2 aliphatic heterocycles. The SMILES string of the molecule is Cc1cccc(N2CCN(C(=O)C3(C)CNC(=O)C3)CC2)c1. The van der Waals surface area contributed by atoms with Crippen LogP contribution >= 0.6 is 0 Å². The predicted molar refractivity (Wildman–Crippen MR) is 85.7 cm³/mol. The third kappa shape index (κ3) is 2.80. The van der Waals surface area contributed by atoms with Crippen molar-refractivity contribution in [1.82, 2.24) is 10.2 Å². The van der Waals surface area contributed by atoms with Gasteiger partial charge in [0, 0.05) is 44.8 Å². The largest absolute Gasteiger partial charge is 0.368 e. The van der Waals surface area contributed by atoms with Gasteiger partial charge in [0.15, 0.2) is 0 Å². The first-order valence-electron chi connectivity index (χ1n) is 7.86. The number of hydrogen-bond acceptors (Lipinski definition) is 3. The fraction of sp³-hybridized carbons (Fsp3) is 0.529. The van der Waals surface area contributed by atoms with Crippen LogP contribution < -0.4 is 10.2 Å². The molecule has 1 aromatic rings. The van der Waals surface area contributed by atoms with Crippen LogP contribution in [0, 0.1) is 12.3 Å². The van der Waals surface area contributed by atoms with E-state index in [-0.39, 0.29) is 11.8 Å². The summed E-state index contributed by atoms with van der Waals surface area (Å²) < 4.78 is 0. The number of nitrogens with one attached hydrogen (secondary N) is 1. The highest BCUT2D eigenvalue weighted by Gasteiger charge is 2.43.